The van der Waals surface area contributed by atoms with Gasteiger partial charge in [0, 0.05) is 18.5 Å². The van der Waals surface area contributed by atoms with E-state index in [0.29, 0.717) is 11.7 Å². The van der Waals surface area contributed by atoms with Gasteiger partial charge in [-0.3, -0.25) is 4.79 Å². The number of hydrogen-bond donors (Lipinski definition) is 2. The molecule has 1 fully saturated rings. The maximum atomic E-state index is 10.8. The van der Waals surface area contributed by atoms with Crippen molar-refractivity contribution in [2.24, 2.45) is 5.73 Å². The van der Waals surface area contributed by atoms with Crippen molar-refractivity contribution in [2.75, 3.05) is 32.1 Å². The first-order valence-electron chi connectivity index (χ1n) is 6.34. The highest BCUT2D eigenvalue weighted by atomic mass is 32.1. The molecule has 19 heavy (non-hydrogen) atoms. The van der Waals surface area contributed by atoms with Crippen molar-refractivity contribution in [3.63, 3.8) is 0 Å². The molecule has 2 heterocycles. The summed E-state index contributed by atoms with van der Waals surface area (Å²) in [6, 6.07) is -0.563. The molecule has 0 spiro atoms. The highest BCUT2D eigenvalue weighted by Gasteiger charge is 2.24. The number of piperidine rings is 1. The summed E-state index contributed by atoms with van der Waals surface area (Å²) in [6.07, 6.45) is 2.21. The number of carboxylic acids is 1. The third kappa shape index (κ3) is 3.23. The van der Waals surface area contributed by atoms with Gasteiger partial charge in [0.05, 0.1) is 5.69 Å². The number of anilines is 1. The van der Waals surface area contributed by atoms with Crippen molar-refractivity contribution in [2.45, 2.75) is 24.9 Å². The summed E-state index contributed by atoms with van der Waals surface area (Å²) in [5, 5.41) is 11.5. The lowest BCUT2D eigenvalue weighted by atomic mass is 10.0. The number of rotatable bonds is 4. The van der Waals surface area contributed by atoms with Crippen molar-refractivity contribution in [3.05, 3.63) is 11.1 Å². The van der Waals surface area contributed by atoms with Crippen molar-refractivity contribution < 1.29 is 9.90 Å². The van der Waals surface area contributed by atoms with E-state index in [4.69, 9.17) is 10.8 Å². The first kappa shape index (κ1) is 14.2. The van der Waals surface area contributed by atoms with Crippen LogP contribution in [0.1, 0.15) is 24.6 Å². The summed E-state index contributed by atoms with van der Waals surface area (Å²) in [5.74, 6) is -1.04. The Kier molecular flexibility index (Phi) is 4.38. The van der Waals surface area contributed by atoms with Gasteiger partial charge in [0.1, 0.15) is 6.04 Å². The van der Waals surface area contributed by atoms with Gasteiger partial charge in [-0.15, -0.1) is 11.3 Å². The summed E-state index contributed by atoms with van der Waals surface area (Å²) in [5.41, 5.74) is 6.00. The Morgan fingerprint density at radius 2 is 2.26 bits per heavy atom. The summed E-state index contributed by atoms with van der Waals surface area (Å²) in [4.78, 5) is 19.7. The Morgan fingerprint density at radius 3 is 2.84 bits per heavy atom. The first-order valence-corrected chi connectivity index (χ1v) is 7.22. The van der Waals surface area contributed by atoms with E-state index in [1.165, 1.54) is 11.3 Å². The third-order valence-electron chi connectivity index (χ3n) is 3.63. The lowest BCUT2D eigenvalue weighted by Gasteiger charge is -2.34. The molecule has 1 saturated heterocycles. The van der Waals surface area contributed by atoms with E-state index in [-0.39, 0.29) is 0 Å². The lowest BCUT2D eigenvalue weighted by Crippen LogP contribution is -2.42. The molecule has 0 radical (unpaired) electrons. The minimum atomic E-state index is -1.04. The Morgan fingerprint density at radius 1 is 1.63 bits per heavy atom. The summed E-state index contributed by atoms with van der Waals surface area (Å²) >= 11 is 1.46. The molecule has 0 bridgehead atoms. The Labute approximate surface area is 116 Å². The van der Waals surface area contributed by atoms with Gasteiger partial charge in [0.25, 0.3) is 0 Å². The smallest absolute Gasteiger partial charge is 0.326 e. The molecule has 7 heteroatoms. The number of nitrogens with two attached hydrogens (primary N) is 1. The highest BCUT2D eigenvalue weighted by Crippen LogP contribution is 2.26. The number of likely N-dealkylation sites (tertiary alicyclic amines) is 1. The molecule has 3 N–H and O–H groups in total. The molecule has 1 aliphatic rings. The molecule has 1 aromatic heterocycles. The number of hydrogen-bond acceptors (Lipinski definition) is 6. The van der Waals surface area contributed by atoms with E-state index < -0.39 is 12.0 Å². The van der Waals surface area contributed by atoms with Crippen LogP contribution < -0.4 is 10.6 Å². The molecule has 106 valence electrons. The second kappa shape index (κ2) is 5.85. The van der Waals surface area contributed by atoms with Gasteiger partial charge in [-0.2, -0.15) is 0 Å². The quantitative estimate of drug-likeness (QED) is 0.849. The average Bonchev–Trinajstić information content (AvgIpc) is 2.87. The predicted octanol–water partition coefficient (Wildman–Crippen LogP) is 0.758. The van der Waals surface area contributed by atoms with E-state index in [0.717, 1.165) is 31.1 Å². The number of carboxylic acid groups (broad SMARTS) is 1. The molecule has 1 aromatic rings. The fourth-order valence-corrected chi connectivity index (χ4v) is 3.14. The summed E-state index contributed by atoms with van der Waals surface area (Å²) in [6.45, 7) is 2.17. The fraction of sp³-hybridized carbons (Fsp3) is 0.667. The average molecular weight is 284 g/mol. The third-order valence-corrected chi connectivity index (χ3v) is 4.58. The van der Waals surface area contributed by atoms with Crippen LogP contribution in [0.5, 0.6) is 0 Å². The molecule has 6 nitrogen and oxygen atoms in total. The van der Waals surface area contributed by atoms with E-state index in [1.807, 2.05) is 7.05 Å². The van der Waals surface area contributed by atoms with E-state index in [2.05, 4.69) is 21.8 Å². The molecule has 1 atom stereocenters. The molecule has 0 amide bonds. The molecule has 0 aliphatic carbocycles. The molecule has 2 rings (SSSR count). The van der Waals surface area contributed by atoms with Crippen LogP contribution in [0, 0.1) is 0 Å². The number of aliphatic carboxylic acids is 1. The lowest BCUT2D eigenvalue weighted by molar-refractivity contribution is -0.138. The number of carbonyl (C=O) groups is 1. The maximum absolute atomic E-state index is 10.8. The van der Waals surface area contributed by atoms with Crippen LogP contribution in [0.25, 0.3) is 0 Å². The van der Waals surface area contributed by atoms with E-state index in [9.17, 15) is 4.79 Å². The normalized spacial score (nSPS) is 19.3. The zero-order chi connectivity index (χ0) is 14.0. The van der Waals surface area contributed by atoms with Crippen LogP contribution in [0.4, 0.5) is 5.13 Å². The fourth-order valence-electron chi connectivity index (χ4n) is 2.25. The van der Waals surface area contributed by atoms with Crippen molar-refractivity contribution >= 4 is 22.4 Å². The summed E-state index contributed by atoms with van der Waals surface area (Å²) in [7, 11) is 4.15. The summed E-state index contributed by atoms with van der Waals surface area (Å²) < 4.78 is 0. The van der Waals surface area contributed by atoms with Gasteiger partial charge < -0.3 is 20.6 Å². The standard InChI is InChI=1S/C12H20N4O2S/c1-15-5-3-8(4-6-15)16(2)12-14-9(7-19-12)10(13)11(17)18/h7-8,10H,3-6,13H2,1-2H3,(H,17,18). The number of nitrogens with zero attached hydrogens (tertiary/aromatic N) is 3. The second-order valence-electron chi connectivity index (χ2n) is 5.02. The molecule has 1 aliphatic heterocycles. The maximum Gasteiger partial charge on any atom is 0.326 e. The van der Waals surface area contributed by atoms with Crippen LogP contribution in [0.15, 0.2) is 5.38 Å². The highest BCUT2D eigenvalue weighted by molar-refractivity contribution is 7.13. The van der Waals surface area contributed by atoms with Gasteiger partial charge in [-0.25, -0.2) is 4.98 Å². The minimum Gasteiger partial charge on any atom is -0.480 e. The van der Waals surface area contributed by atoms with Crippen LogP contribution in [-0.4, -0.2) is 54.2 Å². The van der Waals surface area contributed by atoms with Gasteiger partial charge in [0.2, 0.25) is 0 Å². The predicted molar refractivity (Wildman–Crippen MR) is 75.6 cm³/mol. The Balaban J connectivity index is 2.03. The van der Waals surface area contributed by atoms with Crippen molar-refractivity contribution in [1.82, 2.24) is 9.88 Å². The number of thiazole rings is 1. The Hall–Kier alpha value is -1.18. The molecule has 0 saturated carbocycles. The first-order chi connectivity index (χ1) is 8.99. The topological polar surface area (TPSA) is 82.7 Å². The SMILES string of the molecule is CN1CCC(N(C)c2nc(C(N)C(=O)O)cs2)CC1. The van der Waals surface area contributed by atoms with Crippen LogP contribution >= 0.6 is 11.3 Å². The van der Waals surface area contributed by atoms with Gasteiger partial charge in [-0.05, 0) is 33.0 Å². The molecule has 1 unspecified atom stereocenters. The van der Waals surface area contributed by atoms with Crippen molar-refractivity contribution in [3.8, 4) is 0 Å². The minimum absolute atomic E-state index is 0.437. The van der Waals surface area contributed by atoms with Crippen molar-refractivity contribution in [1.29, 1.82) is 0 Å². The van der Waals surface area contributed by atoms with Gasteiger partial charge >= 0.3 is 5.97 Å². The number of aromatic nitrogens is 1. The van der Waals surface area contributed by atoms with Crippen LogP contribution in [-0.2, 0) is 4.79 Å². The molecular weight excluding hydrogens is 264 g/mol. The van der Waals surface area contributed by atoms with Crippen LogP contribution in [0.3, 0.4) is 0 Å². The largest absolute Gasteiger partial charge is 0.480 e. The van der Waals surface area contributed by atoms with E-state index in [1.54, 1.807) is 5.38 Å². The monoisotopic (exact) mass is 284 g/mol. The van der Waals surface area contributed by atoms with Gasteiger partial charge in [0.15, 0.2) is 5.13 Å². The van der Waals surface area contributed by atoms with E-state index >= 15 is 0 Å². The van der Waals surface area contributed by atoms with Crippen LogP contribution in [0.2, 0.25) is 0 Å². The molecular formula is C12H20N4O2S. The Bertz CT molecular complexity index is 443. The molecule has 0 aromatic carbocycles. The second-order valence-corrected chi connectivity index (χ2v) is 5.85. The van der Waals surface area contributed by atoms with Gasteiger partial charge in [-0.1, -0.05) is 0 Å². The zero-order valence-corrected chi connectivity index (χ0v) is 12.1. The zero-order valence-electron chi connectivity index (χ0n) is 11.2.